The van der Waals surface area contributed by atoms with Crippen molar-refractivity contribution >= 4 is 17.5 Å². The van der Waals surface area contributed by atoms with Crippen LogP contribution in [0.15, 0.2) is 0 Å². The fourth-order valence-corrected chi connectivity index (χ4v) is 1.06. The number of nitro groups is 1. The lowest BCUT2D eigenvalue weighted by molar-refractivity contribution is -0.384. The highest BCUT2D eigenvalue weighted by Gasteiger charge is 2.23. The second kappa shape index (κ2) is 3.32. The average molecular weight is 200 g/mol. The zero-order chi connectivity index (χ0) is 10.9. The molecule has 1 heterocycles. The molecule has 0 saturated heterocycles. The Hall–Kier alpha value is -2.12. The first-order valence-electron chi connectivity index (χ1n) is 3.62. The van der Waals surface area contributed by atoms with E-state index in [4.69, 9.17) is 10.8 Å². The Bertz CT molecular complexity index is 397. The maximum absolute atomic E-state index is 10.5. The molecular formula is C6H8N4O4. The van der Waals surface area contributed by atoms with E-state index in [0.29, 0.717) is 0 Å². The van der Waals surface area contributed by atoms with Crippen LogP contribution in [0.25, 0.3) is 0 Å². The lowest BCUT2D eigenvalue weighted by atomic mass is 10.4. The molecule has 14 heavy (non-hydrogen) atoms. The van der Waals surface area contributed by atoms with E-state index >= 15 is 0 Å². The molecule has 0 aliphatic heterocycles. The summed E-state index contributed by atoms with van der Waals surface area (Å²) in [5.74, 6) is -1.40. The van der Waals surface area contributed by atoms with Gasteiger partial charge in [0.1, 0.15) is 12.2 Å². The fourth-order valence-electron chi connectivity index (χ4n) is 1.06. The van der Waals surface area contributed by atoms with Gasteiger partial charge < -0.3 is 10.8 Å². The van der Waals surface area contributed by atoms with E-state index in [2.05, 4.69) is 5.10 Å². The number of nitrogens with two attached hydrogens (primary N) is 1. The van der Waals surface area contributed by atoms with Crippen LogP contribution >= 0.6 is 0 Å². The van der Waals surface area contributed by atoms with Gasteiger partial charge in [-0.15, -0.1) is 0 Å². The summed E-state index contributed by atoms with van der Waals surface area (Å²) in [6.45, 7) is 0.910. The lowest BCUT2D eigenvalue weighted by Gasteiger charge is -1.96. The molecule has 3 N–H and O–H groups in total. The van der Waals surface area contributed by atoms with Crippen LogP contribution in [0.3, 0.4) is 0 Å². The molecule has 0 aliphatic rings. The average Bonchev–Trinajstić information content (AvgIpc) is 2.25. The third kappa shape index (κ3) is 1.63. The van der Waals surface area contributed by atoms with Crippen molar-refractivity contribution in [3.63, 3.8) is 0 Å². The van der Waals surface area contributed by atoms with Crippen molar-refractivity contribution < 1.29 is 14.8 Å². The summed E-state index contributed by atoms with van der Waals surface area (Å²) in [4.78, 5) is 20.1. The molecule has 0 bridgehead atoms. The first-order chi connectivity index (χ1) is 6.43. The maximum atomic E-state index is 10.5. The van der Waals surface area contributed by atoms with E-state index in [-0.39, 0.29) is 17.2 Å². The Balaban J connectivity index is 3.16. The summed E-state index contributed by atoms with van der Waals surface area (Å²) in [5, 5.41) is 22.6. The molecule has 8 heteroatoms. The largest absolute Gasteiger partial charge is 0.480 e. The first-order valence-corrected chi connectivity index (χ1v) is 3.62. The number of rotatable bonds is 3. The van der Waals surface area contributed by atoms with Crippen molar-refractivity contribution in [2.45, 2.75) is 13.5 Å². The minimum Gasteiger partial charge on any atom is -0.480 e. The Kier molecular flexibility index (Phi) is 2.36. The molecule has 0 fully saturated rings. The summed E-state index contributed by atoms with van der Waals surface area (Å²) in [6, 6.07) is 0. The first kappa shape index (κ1) is 9.96. The van der Waals surface area contributed by atoms with Crippen LogP contribution in [0.5, 0.6) is 0 Å². The number of carboxylic acids is 1. The minimum atomic E-state index is -1.16. The number of aryl methyl sites for hydroxylation is 1. The topological polar surface area (TPSA) is 124 Å². The van der Waals surface area contributed by atoms with Crippen LogP contribution in [0.4, 0.5) is 11.5 Å². The normalized spacial score (nSPS) is 10.1. The van der Waals surface area contributed by atoms with Crippen LogP contribution in [-0.4, -0.2) is 25.8 Å². The molecule has 0 amide bonds. The fraction of sp³-hybridized carbons (Fsp3) is 0.333. The minimum absolute atomic E-state index is 0.105. The van der Waals surface area contributed by atoms with Crippen molar-refractivity contribution in [2.75, 3.05) is 5.73 Å². The van der Waals surface area contributed by atoms with E-state index < -0.39 is 17.4 Å². The molecule has 0 radical (unpaired) electrons. The van der Waals surface area contributed by atoms with E-state index in [1.807, 2.05) is 0 Å². The molecule has 0 atom stereocenters. The van der Waals surface area contributed by atoms with Gasteiger partial charge in [0.2, 0.25) is 5.82 Å². The van der Waals surface area contributed by atoms with E-state index in [0.717, 1.165) is 4.68 Å². The monoisotopic (exact) mass is 200 g/mol. The summed E-state index contributed by atoms with van der Waals surface area (Å²) in [6.07, 6.45) is 0. The molecule has 8 nitrogen and oxygen atoms in total. The molecule has 1 aromatic rings. The van der Waals surface area contributed by atoms with Crippen molar-refractivity contribution in [1.82, 2.24) is 9.78 Å². The molecule has 76 valence electrons. The van der Waals surface area contributed by atoms with E-state index in [9.17, 15) is 14.9 Å². The summed E-state index contributed by atoms with van der Waals surface area (Å²) in [7, 11) is 0. The van der Waals surface area contributed by atoms with Crippen LogP contribution in [0, 0.1) is 17.0 Å². The number of carbonyl (C=O) groups is 1. The van der Waals surface area contributed by atoms with Gasteiger partial charge in [-0.3, -0.25) is 14.9 Å². The quantitative estimate of drug-likeness (QED) is 0.512. The predicted molar refractivity (Wildman–Crippen MR) is 45.7 cm³/mol. The highest BCUT2D eigenvalue weighted by molar-refractivity contribution is 5.68. The van der Waals surface area contributed by atoms with Gasteiger partial charge in [-0.2, -0.15) is 5.10 Å². The van der Waals surface area contributed by atoms with Gasteiger partial charge in [0.25, 0.3) is 0 Å². The molecular weight excluding hydrogens is 192 g/mol. The number of anilines is 1. The summed E-state index contributed by atoms with van der Waals surface area (Å²) in [5.41, 5.74) is 5.11. The van der Waals surface area contributed by atoms with Crippen LogP contribution in [0.2, 0.25) is 0 Å². The Morgan fingerprint density at radius 1 is 1.79 bits per heavy atom. The van der Waals surface area contributed by atoms with Crippen molar-refractivity contribution in [3.8, 4) is 0 Å². The number of aliphatic carboxylic acids is 1. The molecule has 0 unspecified atom stereocenters. The lowest BCUT2D eigenvalue weighted by Crippen LogP contribution is -2.12. The van der Waals surface area contributed by atoms with Gasteiger partial charge >= 0.3 is 11.7 Å². The number of carboxylic acid groups (broad SMARTS) is 1. The number of hydrogen-bond acceptors (Lipinski definition) is 5. The second-order valence-corrected chi connectivity index (χ2v) is 2.63. The number of nitrogen functional groups attached to an aromatic ring is 1. The van der Waals surface area contributed by atoms with E-state index in [1.165, 1.54) is 6.92 Å². The number of nitrogens with zero attached hydrogens (tertiary/aromatic N) is 3. The highest BCUT2D eigenvalue weighted by Crippen LogP contribution is 2.24. The maximum Gasteiger partial charge on any atom is 0.333 e. The zero-order valence-electron chi connectivity index (χ0n) is 7.30. The smallest absolute Gasteiger partial charge is 0.333 e. The highest BCUT2D eigenvalue weighted by atomic mass is 16.6. The van der Waals surface area contributed by atoms with Gasteiger partial charge in [-0.05, 0) is 6.92 Å². The predicted octanol–water partition coefficient (Wildman–Crippen LogP) is -0.233. The van der Waals surface area contributed by atoms with Crippen molar-refractivity contribution in [2.24, 2.45) is 0 Å². The third-order valence-corrected chi connectivity index (χ3v) is 1.60. The zero-order valence-corrected chi connectivity index (χ0v) is 7.30. The third-order valence-electron chi connectivity index (χ3n) is 1.60. The van der Waals surface area contributed by atoms with Gasteiger partial charge in [0.15, 0.2) is 0 Å². The summed E-state index contributed by atoms with van der Waals surface area (Å²) < 4.78 is 0.885. The Morgan fingerprint density at radius 2 is 2.36 bits per heavy atom. The molecule has 0 spiro atoms. The Labute approximate surface area is 78.1 Å². The van der Waals surface area contributed by atoms with Crippen LogP contribution in [-0.2, 0) is 11.3 Å². The molecule has 0 aliphatic carbocycles. The van der Waals surface area contributed by atoms with Gasteiger partial charge in [0.05, 0.1) is 4.92 Å². The number of aromatic nitrogens is 2. The number of hydrogen-bond donors (Lipinski definition) is 2. The Morgan fingerprint density at radius 3 is 2.71 bits per heavy atom. The van der Waals surface area contributed by atoms with Crippen molar-refractivity contribution in [1.29, 1.82) is 0 Å². The van der Waals surface area contributed by atoms with Gasteiger partial charge in [0, 0.05) is 0 Å². The molecule has 0 saturated carbocycles. The van der Waals surface area contributed by atoms with E-state index in [1.54, 1.807) is 0 Å². The molecule has 1 aromatic heterocycles. The standard InChI is InChI=1S/C6H8N4O4/c1-3-5(10(13)14)6(7)9(8-3)2-4(11)12/h2,7H2,1H3,(H,11,12). The van der Waals surface area contributed by atoms with Crippen LogP contribution < -0.4 is 5.73 Å². The second-order valence-electron chi connectivity index (χ2n) is 2.63. The SMILES string of the molecule is Cc1nn(CC(=O)O)c(N)c1[N+](=O)[O-]. The molecule has 1 rings (SSSR count). The van der Waals surface area contributed by atoms with Crippen molar-refractivity contribution in [3.05, 3.63) is 15.8 Å². The van der Waals surface area contributed by atoms with Gasteiger partial charge in [-0.25, -0.2) is 4.68 Å². The van der Waals surface area contributed by atoms with Gasteiger partial charge in [-0.1, -0.05) is 0 Å². The molecule has 0 aromatic carbocycles. The van der Waals surface area contributed by atoms with Crippen LogP contribution in [0.1, 0.15) is 5.69 Å². The summed E-state index contributed by atoms with van der Waals surface area (Å²) >= 11 is 0.